The highest BCUT2D eigenvalue weighted by molar-refractivity contribution is 5.69. The Hall–Kier alpha value is -0.530. The maximum atomic E-state index is 10.7. The lowest BCUT2D eigenvalue weighted by Crippen LogP contribution is -2.14. The van der Waals surface area contributed by atoms with E-state index in [1.54, 1.807) is 6.92 Å². The molecule has 0 saturated carbocycles. The molecule has 0 aliphatic rings. The van der Waals surface area contributed by atoms with Crippen LogP contribution in [0.2, 0.25) is 0 Å². The first kappa shape index (κ1) is 15.5. The lowest BCUT2D eigenvalue weighted by atomic mass is 9.85. The molecule has 0 aliphatic heterocycles. The number of rotatable bonds is 8. The second-order valence-corrected chi connectivity index (χ2v) is 5.74. The maximum Gasteiger partial charge on any atom is 0.306 e. The molecule has 0 rings (SSSR count). The third-order valence-electron chi connectivity index (χ3n) is 3.65. The van der Waals surface area contributed by atoms with Gasteiger partial charge in [-0.2, -0.15) is 0 Å². The van der Waals surface area contributed by atoms with Crippen molar-refractivity contribution in [3.63, 3.8) is 0 Å². The Labute approximate surface area is 100 Å². The van der Waals surface area contributed by atoms with E-state index >= 15 is 0 Å². The average molecular weight is 228 g/mol. The molecule has 2 nitrogen and oxygen atoms in total. The standard InChI is InChI=1S/C14H28O2/c1-10(2)6-7-11(3)12(4)8-9-13(5)14(15)16/h10-13H,6-9H2,1-5H3,(H,15,16). The zero-order valence-electron chi connectivity index (χ0n) is 11.5. The van der Waals surface area contributed by atoms with E-state index in [0.29, 0.717) is 11.8 Å². The Morgan fingerprint density at radius 2 is 1.31 bits per heavy atom. The maximum absolute atomic E-state index is 10.7. The van der Waals surface area contributed by atoms with E-state index in [9.17, 15) is 4.79 Å². The average Bonchev–Trinajstić information content (AvgIpc) is 2.21. The quantitative estimate of drug-likeness (QED) is 0.676. The van der Waals surface area contributed by atoms with Gasteiger partial charge < -0.3 is 5.11 Å². The fourth-order valence-electron chi connectivity index (χ4n) is 1.80. The fraction of sp³-hybridized carbons (Fsp3) is 0.929. The number of carboxylic acid groups (broad SMARTS) is 1. The Kier molecular flexibility index (Phi) is 7.44. The zero-order chi connectivity index (χ0) is 12.7. The Morgan fingerprint density at radius 1 is 0.875 bits per heavy atom. The van der Waals surface area contributed by atoms with Gasteiger partial charge in [0.05, 0.1) is 5.92 Å². The van der Waals surface area contributed by atoms with E-state index in [4.69, 9.17) is 5.11 Å². The summed E-state index contributed by atoms with van der Waals surface area (Å²) in [6, 6.07) is 0. The van der Waals surface area contributed by atoms with Crippen LogP contribution >= 0.6 is 0 Å². The van der Waals surface area contributed by atoms with E-state index in [2.05, 4.69) is 27.7 Å². The summed E-state index contributed by atoms with van der Waals surface area (Å²) in [5.74, 6) is 1.26. The van der Waals surface area contributed by atoms with Crippen LogP contribution in [0.15, 0.2) is 0 Å². The van der Waals surface area contributed by atoms with Crippen molar-refractivity contribution in [3.05, 3.63) is 0 Å². The molecule has 0 aromatic heterocycles. The van der Waals surface area contributed by atoms with E-state index < -0.39 is 5.97 Å². The molecule has 0 heterocycles. The minimum absolute atomic E-state index is 0.195. The van der Waals surface area contributed by atoms with E-state index in [-0.39, 0.29) is 5.92 Å². The van der Waals surface area contributed by atoms with Gasteiger partial charge in [0.25, 0.3) is 0 Å². The predicted molar refractivity (Wildman–Crippen MR) is 68.4 cm³/mol. The van der Waals surface area contributed by atoms with Gasteiger partial charge in [-0.3, -0.25) is 4.79 Å². The van der Waals surface area contributed by atoms with Crippen molar-refractivity contribution in [1.29, 1.82) is 0 Å². The first-order valence-electron chi connectivity index (χ1n) is 6.57. The van der Waals surface area contributed by atoms with Gasteiger partial charge in [0, 0.05) is 0 Å². The molecule has 0 radical (unpaired) electrons. The van der Waals surface area contributed by atoms with Crippen molar-refractivity contribution in [2.45, 2.75) is 60.3 Å². The van der Waals surface area contributed by atoms with Gasteiger partial charge in [-0.1, -0.05) is 47.5 Å². The normalized spacial score (nSPS) is 17.1. The van der Waals surface area contributed by atoms with Crippen LogP contribution < -0.4 is 0 Å². The van der Waals surface area contributed by atoms with Crippen molar-refractivity contribution >= 4 is 5.97 Å². The van der Waals surface area contributed by atoms with Gasteiger partial charge in [0.1, 0.15) is 0 Å². The molecule has 0 saturated heterocycles. The summed E-state index contributed by atoms with van der Waals surface area (Å²) < 4.78 is 0. The van der Waals surface area contributed by atoms with Crippen molar-refractivity contribution in [3.8, 4) is 0 Å². The molecule has 96 valence electrons. The highest BCUT2D eigenvalue weighted by atomic mass is 16.4. The van der Waals surface area contributed by atoms with Crippen LogP contribution in [-0.4, -0.2) is 11.1 Å². The molecule has 16 heavy (non-hydrogen) atoms. The second kappa shape index (κ2) is 7.70. The van der Waals surface area contributed by atoms with Crippen molar-refractivity contribution in [2.75, 3.05) is 0 Å². The van der Waals surface area contributed by atoms with Crippen LogP contribution in [-0.2, 0) is 4.79 Å². The van der Waals surface area contributed by atoms with Crippen molar-refractivity contribution < 1.29 is 9.90 Å². The van der Waals surface area contributed by atoms with Gasteiger partial charge in [0.2, 0.25) is 0 Å². The van der Waals surface area contributed by atoms with Gasteiger partial charge in [-0.15, -0.1) is 0 Å². The molecular formula is C14H28O2. The molecule has 0 amide bonds. The number of hydrogen-bond donors (Lipinski definition) is 1. The zero-order valence-corrected chi connectivity index (χ0v) is 11.5. The van der Waals surface area contributed by atoms with Crippen LogP contribution in [0.25, 0.3) is 0 Å². The van der Waals surface area contributed by atoms with Crippen LogP contribution in [0.3, 0.4) is 0 Å². The Morgan fingerprint density at radius 3 is 1.69 bits per heavy atom. The fourth-order valence-corrected chi connectivity index (χ4v) is 1.80. The van der Waals surface area contributed by atoms with Gasteiger partial charge >= 0.3 is 5.97 Å². The molecule has 0 fully saturated rings. The van der Waals surface area contributed by atoms with Crippen molar-refractivity contribution in [1.82, 2.24) is 0 Å². The first-order valence-corrected chi connectivity index (χ1v) is 6.57. The first-order chi connectivity index (χ1) is 7.34. The molecule has 0 aromatic carbocycles. The van der Waals surface area contributed by atoms with E-state index in [1.165, 1.54) is 12.8 Å². The van der Waals surface area contributed by atoms with Gasteiger partial charge in [0.15, 0.2) is 0 Å². The lowest BCUT2D eigenvalue weighted by molar-refractivity contribution is -0.141. The predicted octanol–water partition coefficient (Wildman–Crippen LogP) is 4.20. The number of carboxylic acids is 1. The third-order valence-corrected chi connectivity index (χ3v) is 3.65. The van der Waals surface area contributed by atoms with Crippen LogP contribution in [0.5, 0.6) is 0 Å². The van der Waals surface area contributed by atoms with Crippen LogP contribution in [0.1, 0.15) is 60.3 Å². The molecule has 3 unspecified atom stereocenters. The van der Waals surface area contributed by atoms with Gasteiger partial charge in [-0.05, 0) is 30.6 Å². The number of carbonyl (C=O) groups is 1. The summed E-state index contributed by atoms with van der Waals surface area (Å²) >= 11 is 0. The molecule has 0 aromatic rings. The van der Waals surface area contributed by atoms with Crippen molar-refractivity contribution in [2.24, 2.45) is 23.7 Å². The topological polar surface area (TPSA) is 37.3 Å². The molecule has 3 atom stereocenters. The highest BCUT2D eigenvalue weighted by Crippen LogP contribution is 2.24. The summed E-state index contributed by atoms with van der Waals surface area (Å²) in [7, 11) is 0. The molecule has 0 aliphatic carbocycles. The molecular weight excluding hydrogens is 200 g/mol. The summed E-state index contributed by atoms with van der Waals surface area (Å²) in [4.78, 5) is 10.7. The minimum atomic E-state index is -0.665. The summed E-state index contributed by atoms with van der Waals surface area (Å²) in [6.45, 7) is 10.8. The number of hydrogen-bond acceptors (Lipinski definition) is 1. The van der Waals surface area contributed by atoms with Gasteiger partial charge in [-0.25, -0.2) is 0 Å². The highest BCUT2D eigenvalue weighted by Gasteiger charge is 2.16. The second-order valence-electron chi connectivity index (χ2n) is 5.74. The van der Waals surface area contributed by atoms with E-state index in [1.807, 2.05) is 0 Å². The smallest absolute Gasteiger partial charge is 0.306 e. The third kappa shape index (κ3) is 6.86. The SMILES string of the molecule is CC(C)CCC(C)C(C)CCC(C)C(=O)O. The Balaban J connectivity index is 3.78. The Bertz CT molecular complexity index is 199. The lowest BCUT2D eigenvalue weighted by Gasteiger charge is -2.21. The molecule has 1 N–H and O–H groups in total. The molecule has 2 heteroatoms. The monoisotopic (exact) mass is 228 g/mol. The molecule has 0 spiro atoms. The summed E-state index contributed by atoms with van der Waals surface area (Å²) in [5.41, 5.74) is 0. The van der Waals surface area contributed by atoms with Crippen LogP contribution in [0, 0.1) is 23.7 Å². The molecule has 0 bridgehead atoms. The van der Waals surface area contributed by atoms with E-state index in [0.717, 1.165) is 18.8 Å². The minimum Gasteiger partial charge on any atom is -0.481 e. The summed E-state index contributed by atoms with van der Waals surface area (Å²) in [6.07, 6.45) is 4.38. The number of aliphatic carboxylic acids is 1. The summed E-state index contributed by atoms with van der Waals surface area (Å²) in [5, 5.41) is 8.81. The largest absolute Gasteiger partial charge is 0.481 e. The van der Waals surface area contributed by atoms with Crippen LogP contribution in [0.4, 0.5) is 0 Å².